The van der Waals surface area contributed by atoms with Gasteiger partial charge in [0.05, 0.1) is 16.5 Å². The molecule has 3 aromatic rings. The predicted octanol–water partition coefficient (Wildman–Crippen LogP) is 4.09. The molecule has 9 nitrogen and oxygen atoms in total. The van der Waals surface area contributed by atoms with Crippen molar-refractivity contribution in [3.05, 3.63) is 57.6 Å². The summed E-state index contributed by atoms with van der Waals surface area (Å²) in [5.41, 5.74) is 2.81. The molecule has 0 radical (unpaired) electrons. The SMILES string of the molecule is CC(C)Cc1ccc(C(C)C(=O)OCCNc2ccc([N+](=O)[O-])c3nonc23)cc1. The smallest absolute Gasteiger partial charge is 0.313 e. The molecule has 2 aromatic carbocycles. The minimum Gasteiger partial charge on any atom is -0.463 e. The number of nitrogens with zero attached hydrogens (tertiary/aromatic N) is 3. The van der Waals surface area contributed by atoms with Crippen molar-refractivity contribution < 1.29 is 19.1 Å². The van der Waals surface area contributed by atoms with Crippen molar-refractivity contribution in [2.24, 2.45) is 5.92 Å². The van der Waals surface area contributed by atoms with E-state index in [-0.39, 0.29) is 35.2 Å². The highest BCUT2D eigenvalue weighted by Crippen LogP contribution is 2.28. The number of fused-ring (bicyclic) bond motifs is 1. The summed E-state index contributed by atoms with van der Waals surface area (Å²) in [6.45, 7) is 6.60. The van der Waals surface area contributed by atoms with Crippen LogP contribution in [0.4, 0.5) is 11.4 Å². The fourth-order valence-corrected chi connectivity index (χ4v) is 3.16. The van der Waals surface area contributed by atoms with Gasteiger partial charge >= 0.3 is 11.7 Å². The van der Waals surface area contributed by atoms with E-state index in [0.717, 1.165) is 12.0 Å². The van der Waals surface area contributed by atoms with Gasteiger partial charge in [-0.15, -0.1) is 0 Å². The van der Waals surface area contributed by atoms with Crippen LogP contribution in [0, 0.1) is 16.0 Å². The number of carbonyl (C=O) groups is 1. The highest BCUT2D eigenvalue weighted by Gasteiger charge is 2.20. The zero-order chi connectivity index (χ0) is 21.7. The molecule has 9 heteroatoms. The Morgan fingerprint density at radius 3 is 2.50 bits per heavy atom. The molecular formula is C21H24N4O5. The lowest BCUT2D eigenvalue weighted by molar-refractivity contribution is -0.383. The van der Waals surface area contributed by atoms with E-state index in [1.54, 1.807) is 0 Å². The number of anilines is 1. The molecule has 0 amide bonds. The molecule has 0 spiro atoms. The van der Waals surface area contributed by atoms with Crippen LogP contribution < -0.4 is 5.32 Å². The third kappa shape index (κ3) is 4.91. The average Bonchev–Trinajstić information content (AvgIpc) is 3.20. The molecule has 0 aliphatic carbocycles. The van der Waals surface area contributed by atoms with Crippen LogP contribution in [-0.4, -0.2) is 34.4 Å². The Morgan fingerprint density at radius 1 is 1.13 bits per heavy atom. The number of nitro benzene ring substituents is 1. The lowest BCUT2D eigenvalue weighted by Gasteiger charge is -2.13. The van der Waals surface area contributed by atoms with Gasteiger partial charge in [0.1, 0.15) is 6.61 Å². The van der Waals surface area contributed by atoms with Gasteiger partial charge in [-0.05, 0) is 46.8 Å². The molecule has 1 heterocycles. The van der Waals surface area contributed by atoms with Crippen molar-refractivity contribution in [2.75, 3.05) is 18.5 Å². The monoisotopic (exact) mass is 412 g/mol. The number of benzene rings is 2. The fourth-order valence-electron chi connectivity index (χ4n) is 3.16. The van der Waals surface area contributed by atoms with Crippen molar-refractivity contribution in [3.63, 3.8) is 0 Å². The first-order valence-electron chi connectivity index (χ1n) is 9.75. The number of esters is 1. The number of rotatable bonds is 9. The van der Waals surface area contributed by atoms with Crippen molar-refractivity contribution in [1.29, 1.82) is 0 Å². The summed E-state index contributed by atoms with van der Waals surface area (Å²) in [7, 11) is 0. The van der Waals surface area contributed by atoms with Gasteiger partial charge in [0.25, 0.3) is 0 Å². The maximum absolute atomic E-state index is 12.3. The van der Waals surface area contributed by atoms with Crippen LogP contribution in [0.2, 0.25) is 0 Å². The number of non-ortho nitro benzene ring substituents is 1. The van der Waals surface area contributed by atoms with E-state index in [1.165, 1.54) is 17.7 Å². The maximum atomic E-state index is 12.3. The van der Waals surface area contributed by atoms with E-state index >= 15 is 0 Å². The predicted molar refractivity (Wildman–Crippen MR) is 111 cm³/mol. The lowest BCUT2D eigenvalue weighted by atomic mass is 9.97. The number of hydrogen-bond donors (Lipinski definition) is 1. The van der Waals surface area contributed by atoms with E-state index in [2.05, 4.69) is 34.1 Å². The summed E-state index contributed by atoms with van der Waals surface area (Å²) in [5.74, 6) is -0.106. The Morgan fingerprint density at radius 2 is 1.83 bits per heavy atom. The molecule has 30 heavy (non-hydrogen) atoms. The lowest BCUT2D eigenvalue weighted by Crippen LogP contribution is -2.18. The molecule has 0 bridgehead atoms. The number of hydrogen-bond acceptors (Lipinski definition) is 8. The van der Waals surface area contributed by atoms with Crippen LogP contribution in [0.3, 0.4) is 0 Å². The summed E-state index contributed by atoms with van der Waals surface area (Å²) < 4.78 is 9.98. The summed E-state index contributed by atoms with van der Waals surface area (Å²) >= 11 is 0. The molecule has 0 saturated heterocycles. The molecule has 0 aliphatic rings. The normalized spacial score (nSPS) is 12.1. The minimum absolute atomic E-state index is 0.0662. The van der Waals surface area contributed by atoms with Gasteiger partial charge < -0.3 is 10.1 Å². The number of aromatic nitrogens is 2. The summed E-state index contributed by atoms with van der Waals surface area (Å²) in [6.07, 6.45) is 1.00. The van der Waals surface area contributed by atoms with Crippen LogP contribution >= 0.6 is 0 Å². The van der Waals surface area contributed by atoms with E-state index in [4.69, 9.17) is 4.74 Å². The first kappa shape index (κ1) is 21.2. The molecular weight excluding hydrogens is 388 g/mol. The van der Waals surface area contributed by atoms with Gasteiger partial charge in [0.2, 0.25) is 5.52 Å². The van der Waals surface area contributed by atoms with Crippen LogP contribution in [0.1, 0.15) is 37.8 Å². The zero-order valence-electron chi connectivity index (χ0n) is 17.1. The van der Waals surface area contributed by atoms with E-state index in [0.29, 0.717) is 18.2 Å². The van der Waals surface area contributed by atoms with Crippen molar-refractivity contribution >= 4 is 28.4 Å². The molecule has 1 N–H and O–H groups in total. The van der Waals surface area contributed by atoms with Crippen molar-refractivity contribution in [1.82, 2.24) is 10.3 Å². The van der Waals surface area contributed by atoms with Gasteiger partial charge in [-0.3, -0.25) is 14.9 Å². The Labute approximate surface area is 173 Å². The number of nitro groups is 1. The minimum atomic E-state index is -0.547. The molecule has 0 aliphatic heterocycles. The highest BCUT2D eigenvalue weighted by atomic mass is 16.6. The fraction of sp³-hybridized carbons (Fsp3) is 0.381. The topological polar surface area (TPSA) is 120 Å². The average molecular weight is 412 g/mol. The van der Waals surface area contributed by atoms with Crippen LogP contribution in [0.5, 0.6) is 0 Å². The third-order valence-electron chi connectivity index (χ3n) is 4.73. The van der Waals surface area contributed by atoms with Crippen LogP contribution in [-0.2, 0) is 16.0 Å². The summed E-state index contributed by atoms with van der Waals surface area (Å²) in [6, 6.07) is 10.9. The van der Waals surface area contributed by atoms with Gasteiger partial charge in [-0.1, -0.05) is 38.1 Å². The Balaban J connectivity index is 1.52. The van der Waals surface area contributed by atoms with Gasteiger partial charge in [0.15, 0.2) is 5.52 Å². The molecule has 0 saturated carbocycles. The maximum Gasteiger partial charge on any atom is 0.313 e. The first-order chi connectivity index (χ1) is 14.4. The van der Waals surface area contributed by atoms with Crippen molar-refractivity contribution in [2.45, 2.75) is 33.1 Å². The van der Waals surface area contributed by atoms with E-state index in [1.807, 2.05) is 31.2 Å². The van der Waals surface area contributed by atoms with Gasteiger partial charge in [0, 0.05) is 12.6 Å². The summed E-state index contributed by atoms with van der Waals surface area (Å²) in [4.78, 5) is 22.8. The molecule has 1 unspecified atom stereocenters. The third-order valence-corrected chi connectivity index (χ3v) is 4.73. The highest BCUT2D eigenvalue weighted by molar-refractivity contribution is 5.93. The molecule has 1 atom stereocenters. The Bertz CT molecular complexity index is 1030. The molecule has 158 valence electrons. The second kappa shape index (κ2) is 9.34. The standard InChI is InChI=1S/C21H24N4O5/c1-13(2)12-15-4-6-16(7-5-15)14(3)21(26)29-11-10-22-17-8-9-18(25(27)28)20-19(17)23-30-24-20/h4-9,13-14,22H,10-12H2,1-3H3. The van der Waals surface area contributed by atoms with E-state index < -0.39 is 4.92 Å². The van der Waals surface area contributed by atoms with Crippen LogP contribution in [0.15, 0.2) is 41.0 Å². The number of carbonyl (C=O) groups excluding carboxylic acids is 1. The second-order valence-corrected chi connectivity index (χ2v) is 7.51. The molecule has 0 fully saturated rings. The molecule has 1 aromatic heterocycles. The van der Waals surface area contributed by atoms with Gasteiger partial charge in [-0.25, -0.2) is 4.63 Å². The second-order valence-electron chi connectivity index (χ2n) is 7.51. The Kier molecular flexibility index (Phi) is 6.61. The number of ether oxygens (including phenoxy) is 1. The van der Waals surface area contributed by atoms with Gasteiger partial charge in [-0.2, -0.15) is 0 Å². The Hall–Kier alpha value is -3.49. The van der Waals surface area contributed by atoms with Crippen molar-refractivity contribution in [3.8, 4) is 0 Å². The van der Waals surface area contributed by atoms with E-state index in [9.17, 15) is 14.9 Å². The summed E-state index contributed by atoms with van der Waals surface area (Å²) in [5, 5.41) is 21.4. The number of nitrogens with one attached hydrogen (secondary N) is 1. The van der Waals surface area contributed by atoms with Crippen LogP contribution in [0.25, 0.3) is 11.0 Å². The largest absolute Gasteiger partial charge is 0.463 e. The quantitative estimate of drug-likeness (QED) is 0.241. The zero-order valence-corrected chi connectivity index (χ0v) is 17.1. The molecule has 3 rings (SSSR count). The first-order valence-corrected chi connectivity index (χ1v) is 9.75.